The molecule has 0 aromatic carbocycles. The molecule has 0 radical (unpaired) electrons. The molecule has 4 aliphatic carbocycles. The highest BCUT2D eigenvalue weighted by Gasteiger charge is 2.66. The van der Waals surface area contributed by atoms with Crippen molar-refractivity contribution in [2.24, 2.45) is 46.3 Å². The molecule has 4 saturated carbocycles. The largest absolute Gasteiger partial charge is 0.393 e. The summed E-state index contributed by atoms with van der Waals surface area (Å²) in [6.07, 6.45) is 6.31. The van der Waals surface area contributed by atoms with Crippen LogP contribution in [0.15, 0.2) is 0 Å². The molecule has 8 heteroatoms. The van der Waals surface area contributed by atoms with E-state index in [4.69, 9.17) is 0 Å². The number of nitrogens with one attached hydrogen (secondary N) is 1. The summed E-state index contributed by atoms with van der Waals surface area (Å²) < 4.78 is 53.3. The Kier molecular flexibility index (Phi) is 7.59. The van der Waals surface area contributed by atoms with Gasteiger partial charge in [0.2, 0.25) is 0 Å². The maximum atomic E-state index is 14.7. The van der Waals surface area contributed by atoms with Crippen molar-refractivity contribution in [3.63, 3.8) is 0 Å². The van der Waals surface area contributed by atoms with Crippen molar-refractivity contribution in [3.05, 3.63) is 0 Å². The van der Waals surface area contributed by atoms with E-state index in [1.165, 1.54) is 0 Å². The van der Waals surface area contributed by atoms with Gasteiger partial charge in [0.1, 0.15) is 6.10 Å². The first-order valence-electron chi connectivity index (χ1n) is 14.9. The Morgan fingerprint density at radius 3 is 2.49 bits per heavy atom. The van der Waals surface area contributed by atoms with Crippen LogP contribution in [0.25, 0.3) is 0 Å². The van der Waals surface area contributed by atoms with Crippen LogP contribution in [-0.2, 0) is 9.84 Å². The number of hydrogen-bond acceptors (Lipinski definition) is 5. The zero-order valence-electron chi connectivity index (χ0n) is 23.0. The number of halogens is 2. The van der Waals surface area contributed by atoms with Crippen LogP contribution in [0.5, 0.6) is 0 Å². The molecule has 0 bridgehead atoms. The van der Waals surface area contributed by atoms with Crippen molar-refractivity contribution in [2.75, 3.05) is 18.1 Å². The second-order valence-electron chi connectivity index (χ2n) is 14.2. The molecule has 1 aliphatic heterocycles. The van der Waals surface area contributed by atoms with Gasteiger partial charge in [-0.05, 0) is 117 Å². The zero-order chi connectivity index (χ0) is 26.8. The predicted octanol–water partition coefficient (Wildman–Crippen LogP) is 4.81. The second kappa shape index (κ2) is 9.95. The topological polar surface area (TPSA) is 86.6 Å². The molecule has 214 valence electrons. The van der Waals surface area contributed by atoms with Gasteiger partial charge in [0.15, 0.2) is 9.84 Å². The molecule has 0 spiro atoms. The molecule has 0 amide bonds. The summed E-state index contributed by atoms with van der Waals surface area (Å²) in [5, 5.41) is 24.9. The SMILES string of the molecule is C[C@H](CCCNC1CCCS(=O)(=O)C1)[C@H]1CC[C@H]2[C@@H]3[C@@H](O)C[C@@H]4C[C@@H](O)C(F)(F)C[C@]4(C)[C@H]3CC[C@]12C. The molecule has 0 aromatic heterocycles. The fourth-order valence-electron chi connectivity index (χ4n) is 10.3. The summed E-state index contributed by atoms with van der Waals surface area (Å²) in [5.41, 5.74) is -0.387. The molecule has 1 heterocycles. The lowest BCUT2D eigenvalue weighted by molar-refractivity contribution is -0.236. The van der Waals surface area contributed by atoms with Crippen molar-refractivity contribution in [3.8, 4) is 0 Å². The van der Waals surface area contributed by atoms with Crippen molar-refractivity contribution in [2.45, 2.75) is 116 Å². The Morgan fingerprint density at radius 1 is 1.03 bits per heavy atom. The third-order valence-electron chi connectivity index (χ3n) is 12.2. The third kappa shape index (κ3) is 5.04. The van der Waals surface area contributed by atoms with Crippen molar-refractivity contribution in [1.82, 2.24) is 5.32 Å². The molecule has 3 N–H and O–H groups in total. The molecule has 1 saturated heterocycles. The van der Waals surface area contributed by atoms with Gasteiger partial charge in [-0.15, -0.1) is 0 Å². The summed E-state index contributed by atoms with van der Waals surface area (Å²) in [6, 6.07) is 0.0870. The van der Waals surface area contributed by atoms with Gasteiger partial charge in [0.05, 0.1) is 17.6 Å². The summed E-state index contributed by atoms with van der Waals surface area (Å²) in [7, 11) is -2.89. The number of hydrogen-bond donors (Lipinski definition) is 3. The van der Waals surface area contributed by atoms with Gasteiger partial charge in [0.25, 0.3) is 5.92 Å². The molecule has 11 atom stereocenters. The lowest BCUT2D eigenvalue weighted by Crippen LogP contribution is -2.62. The van der Waals surface area contributed by atoms with Crippen LogP contribution in [0.4, 0.5) is 8.78 Å². The van der Waals surface area contributed by atoms with Crippen molar-refractivity contribution < 1.29 is 27.4 Å². The van der Waals surface area contributed by atoms with Crippen LogP contribution in [0.1, 0.15) is 91.4 Å². The summed E-state index contributed by atoms with van der Waals surface area (Å²) in [6.45, 7) is 7.64. The Balaban J connectivity index is 1.21. The minimum absolute atomic E-state index is 0.0366. The van der Waals surface area contributed by atoms with Gasteiger partial charge in [0, 0.05) is 12.5 Å². The Morgan fingerprint density at radius 2 is 1.76 bits per heavy atom. The smallest absolute Gasteiger partial charge is 0.274 e. The van der Waals surface area contributed by atoms with Crippen LogP contribution in [0, 0.1) is 46.3 Å². The maximum Gasteiger partial charge on any atom is 0.274 e. The van der Waals surface area contributed by atoms with Crippen molar-refractivity contribution in [1.29, 1.82) is 0 Å². The lowest BCUT2D eigenvalue weighted by Gasteiger charge is -2.63. The maximum absolute atomic E-state index is 14.7. The summed E-state index contributed by atoms with van der Waals surface area (Å²) in [4.78, 5) is 0. The first-order chi connectivity index (χ1) is 17.3. The van der Waals surface area contributed by atoms with Crippen LogP contribution in [0.2, 0.25) is 0 Å². The van der Waals surface area contributed by atoms with Gasteiger partial charge in [-0.2, -0.15) is 0 Å². The van der Waals surface area contributed by atoms with Gasteiger partial charge < -0.3 is 15.5 Å². The molecule has 1 unspecified atom stereocenters. The quantitative estimate of drug-likeness (QED) is 0.417. The van der Waals surface area contributed by atoms with Gasteiger partial charge in [-0.25, -0.2) is 17.2 Å². The molecule has 5 nitrogen and oxygen atoms in total. The first-order valence-corrected chi connectivity index (χ1v) is 16.8. The minimum Gasteiger partial charge on any atom is -0.393 e. The van der Waals surface area contributed by atoms with Crippen LogP contribution in [-0.4, -0.2) is 60.9 Å². The standard InChI is InChI=1S/C29H49F2NO4S/c1-18(6-4-12-32-20-7-5-13-37(35,36)16-20)21-8-9-22-26-23(10-11-27(21,22)2)28(3)17-29(30,31)25(34)15-19(28)14-24(26)33/h18-26,32-34H,4-17H2,1-3H3/t18-,19-,20?,21-,22+,23+,24+,25-,26+,27-,28+/m1/s1. The Labute approximate surface area is 222 Å². The molecular weight excluding hydrogens is 496 g/mol. The second-order valence-corrected chi connectivity index (χ2v) is 16.5. The van der Waals surface area contributed by atoms with Gasteiger partial charge >= 0.3 is 0 Å². The van der Waals surface area contributed by atoms with Crippen molar-refractivity contribution >= 4 is 9.84 Å². The Hall–Kier alpha value is -0.310. The first kappa shape index (κ1) is 28.2. The van der Waals surface area contributed by atoms with Gasteiger partial charge in [-0.3, -0.25) is 0 Å². The van der Waals surface area contributed by atoms with E-state index < -0.39 is 33.4 Å². The molecule has 5 aliphatic rings. The molecule has 37 heavy (non-hydrogen) atoms. The average Bonchev–Trinajstić information content (AvgIpc) is 3.15. The summed E-state index contributed by atoms with van der Waals surface area (Å²) in [5.74, 6) is -0.821. The molecule has 0 aromatic rings. The van der Waals surface area contributed by atoms with Crippen LogP contribution in [0.3, 0.4) is 0 Å². The average molecular weight is 546 g/mol. The zero-order valence-corrected chi connectivity index (χ0v) is 23.8. The number of aliphatic hydroxyl groups is 2. The van der Waals surface area contributed by atoms with E-state index in [-0.39, 0.29) is 47.8 Å². The number of aliphatic hydroxyl groups excluding tert-OH is 2. The monoisotopic (exact) mass is 545 g/mol. The van der Waals surface area contributed by atoms with E-state index in [0.717, 1.165) is 57.9 Å². The highest BCUT2D eigenvalue weighted by atomic mass is 32.2. The Bertz CT molecular complexity index is 946. The van der Waals surface area contributed by atoms with E-state index in [9.17, 15) is 27.4 Å². The molecular formula is C29H49F2NO4S. The number of alkyl halides is 2. The van der Waals surface area contributed by atoms with Crippen LogP contribution < -0.4 is 5.32 Å². The van der Waals surface area contributed by atoms with Gasteiger partial charge in [-0.1, -0.05) is 20.8 Å². The van der Waals surface area contributed by atoms with E-state index in [1.54, 1.807) is 0 Å². The number of fused-ring (bicyclic) bond motifs is 5. The van der Waals surface area contributed by atoms with Crippen LogP contribution >= 0.6 is 0 Å². The minimum atomic E-state index is -3.04. The fraction of sp³-hybridized carbons (Fsp3) is 1.00. The fourth-order valence-corrected chi connectivity index (χ4v) is 12.0. The highest BCUT2D eigenvalue weighted by molar-refractivity contribution is 7.91. The van der Waals surface area contributed by atoms with E-state index in [1.807, 2.05) is 6.92 Å². The summed E-state index contributed by atoms with van der Waals surface area (Å²) >= 11 is 0. The number of sulfone groups is 1. The molecule has 5 fully saturated rings. The normalized spacial score (nSPS) is 49.5. The van der Waals surface area contributed by atoms with E-state index >= 15 is 0 Å². The molecule has 5 rings (SSSR count). The predicted molar refractivity (Wildman–Crippen MR) is 141 cm³/mol. The van der Waals surface area contributed by atoms with E-state index in [2.05, 4.69) is 19.2 Å². The highest BCUT2D eigenvalue weighted by Crippen LogP contribution is 2.69. The number of rotatable bonds is 6. The van der Waals surface area contributed by atoms with E-state index in [0.29, 0.717) is 29.9 Å². The lowest BCUT2D eigenvalue weighted by atomic mass is 9.43. The third-order valence-corrected chi connectivity index (χ3v) is 14.0.